The Morgan fingerprint density at radius 1 is 1.19 bits per heavy atom. The zero-order valence-electron chi connectivity index (χ0n) is 16.6. The number of benzene rings is 1. The van der Waals surface area contributed by atoms with E-state index in [2.05, 4.69) is 76.9 Å². The van der Waals surface area contributed by atoms with E-state index < -0.39 is 0 Å². The third-order valence-corrected chi connectivity index (χ3v) is 5.04. The molecule has 0 amide bonds. The maximum atomic E-state index is 5.33. The van der Waals surface area contributed by atoms with Gasteiger partial charge in [-0.25, -0.2) is 0 Å². The van der Waals surface area contributed by atoms with Gasteiger partial charge in [-0.1, -0.05) is 62.7 Å². The molecule has 0 aliphatic heterocycles. The second-order valence-corrected chi connectivity index (χ2v) is 8.04. The number of aliphatic imine (C=N–C) groups is 1. The Morgan fingerprint density at radius 3 is 2.41 bits per heavy atom. The van der Waals surface area contributed by atoms with Gasteiger partial charge in [-0.2, -0.15) is 4.98 Å². The zero-order chi connectivity index (χ0) is 18.6. The highest BCUT2D eigenvalue weighted by Crippen LogP contribution is 2.43. The van der Waals surface area contributed by atoms with Crippen molar-refractivity contribution < 1.29 is 4.52 Å². The topological polar surface area (TPSA) is 75.3 Å². The number of hydrogen-bond donors (Lipinski definition) is 2. The minimum Gasteiger partial charge on any atom is -0.356 e. The van der Waals surface area contributed by atoms with Crippen molar-refractivity contribution in [1.82, 2.24) is 20.8 Å². The zero-order valence-corrected chi connectivity index (χ0v) is 18.9. The van der Waals surface area contributed by atoms with Crippen molar-refractivity contribution in [3.63, 3.8) is 0 Å². The highest BCUT2D eigenvalue weighted by molar-refractivity contribution is 14.0. The van der Waals surface area contributed by atoms with Gasteiger partial charge in [0.05, 0.1) is 6.54 Å². The van der Waals surface area contributed by atoms with Crippen LogP contribution in [0.25, 0.3) is 0 Å². The van der Waals surface area contributed by atoms with Gasteiger partial charge in [0.2, 0.25) is 5.89 Å². The number of guanidine groups is 1. The molecule has 0 radical (unpaired) electrons. The molecule has 1 aromatic heterocycles. The molecule has 1 aliphatic rings. The SMILES string of the molecule is CN=C(NCc1noc(C(C)(C)C)n1)NCC1(c2ccccc2)CCC1.I. The second-order valence-electron chi connectivity index (χ2n) is 8.04. The average molecular weight is 483 g/mol. The van der Waals surface area contributed by atoms with Crippen LogP contribution in [0.15, 0.2) is 39.8 Å². The summed E-state index contributed by atoms with van der Waals surface area (Å²) in [5.41, 5.74) is 1.48. The molecule has 7 heteroatoms. The number of rotatable bonds is 5. The van der Waals surface area contributed by atoms with Gasteiger partial charge in [-0.3, -0.25) is 4.99 Å². The highest BCUT2D eigenvalue weighted by Gasteiger charge is 2.38. The molecule has 0 spiro atoms. The number of nitrogens with zero attached hydrogens (tertiary/aromatic N) is 3. The lowest BCUT2D eigenvalue weighted by molar-refractivity contribution is 0.244. The number of aromatic nitrogens is 2. The van der Waals surface area contributed by atoms with Crippen molar-refractivity contribution in [1.29, 1.82) is 0 Å². The maximum Gasteiger partial charge on any atom is 0.232 e. The van der Waals surface area contributed by atoms with E-state index >= 15 is 0 Å². The molecule has 2 aromatic rings. The molecule has 1 fully saturated rings. The van der Waals surface area contributed by atoms with Crippen LogP contribution in [0.3, 0.4) is 0 Å². The summed E-state index contributed by atoms with van der Waals surface area (Å²) in [5.74, 6) is 2.04. The molecule has 3 rings (SSSR count). The molecular weight excluding hydrogens is 453 g/mol. The fourth-order valence-electron chi connectivity index (χ4n) is 3.23. The van der Waals surface area contributed by atoms with E-state index in [0.29, 0.717) is 18.3 Å². The summed E-state index contributed by atoms with van der Waals surface area (Å²) in [5, 5.41) is 10.8. The predicted molar refractivity (Wildman–Crippen MR) is 119 cm³/mol. The Balaban J connectivity index is 0.00000261. The fraction of sp³-hybridized carbons (Fsp3) is 0.550. The standard InChI is InChI=1S/C20H29N5O.HI/c1-19(2,3)17-24-16(25-26-17)13-22-18(21-4)23-14-20(11-8-12-20)15-9-6-5-7-10-15;/h5-7,9-10H,8,11-14H2,1-4H3,(H2,21,22,23);1H. The Morgan fingerprint density at radius 2 is 1.89 bits per heavy atom. The quantitative estimate of drug-likeness (QED) is 0.385. The number of hydrogen-bond acceptors (Lipinski definition) is 4. The summed E-state index contributed by atoms with van der Waals surface area (Å²) in [7, 11) is 1.78. The number of halogens is 1. The van der Waals surface area contributed by atoms with Gasteiger partial charge in [0.25, 0.3) is 0 Å². The normalized spacial score (nSPS) is 16.2. The van der Waals surface area contributed by atoms with Gasteiger partial charge < -0.3 is 15.2 Å². The summed E-state index contributed by atoms with van der Waals surface area (Å²) in [6.07, 6.45) is 3.70. The van der Waals surface area contributed by atoms with Gasteiger partial charge in [0.15, 0.2) is 11.8 Å². The van der Waals surface area contributed by atoms with Crippen molar-refractivity contribution >= 4 is 29.9 Å². The van der Waals surface area contributed by atoms with Gasteiger partial charge >= 0.3 is 0 Å². The molecule has 0 atom stereocenters. The van der Waals surface area contributed by atoms with Gasteiger partial charge in [-0.05, 0) is 18.4 Å². The molecule has 27 heavy (non-hydrogen) atoms. The molecule has 148 valence electrons. The van der Waals surface area contributed by atoms with Gasteiger partial charge in [-0.15, -0.1) is 24.0 Å². The first-order chi connectivity index (χ1) is 12.4. The van der Waals surface area contributed by atoms with Crippen molar-refractivity contribution in [2.75, 3.05) is 13.6 Å². The minimum absolute atomic E-state index is 0. The van der Waals surface area contributed by atoms with Crippen LogP contribution in [0.4, 0.5) is 0 Å². The van der Waals surface area contributed by atoms with Crippen LogP contribution in [0, 0.1) is 0 Å². The molecule has 2 N–H and O–H groups in total. The first-order valence-electron chi connectivity index (χ1n) is 9.26. The van der Waals surface area contributed by atoms with Crippen LogP contribution in [-0.4, -0.2) is 29.7 Å². The first kappa shape index (κ1) is 21.7. The molecular formula is C20H30IN5O. The van der Waals surface area contributed by atoms with Crippen LogP contribution in [0.5, 0.6) is 0 Å². The van der Waals surface area contributed by atoms with E-state index in [-0.39, 0.29) is 34.8 Å². The number of nitrogens with one attached hydrogen (secondary N) is 2. The van der Waals surface area contributed by atoms with Crippen LogP contribution in [0.1, 0.15) is 57.3 Å². The van der Waals surface area contributed by atoms with Crippen molar-refractivity contribution in [2.45, 2.75) is 57.4 Å². The largest absolute Gasteiger partial charge is 0.356 e. The molecule has 0 unspecified atom stereocenters. The third-order valence-electron chi connectivity index (χ3n) is 5.04. The van der Waals surface area contributed by atoms with E-state index in [9.17, 15) is 0 Å². The summed E-state index contributed by atoms with van der Waals surface area (Å²) in [6.45, 7) is 7.52. The van der Waals surface area contributed by atoms with E-state index in [1.807, 2.05) is 0 Å². The van der Waals surface area contributed by atoms with Crippen molar-refractivity contribution in [3.05, 3.63) is 47.6 Å². The van der Waals surface area contributed by atoms with Crippen LogP contribution >= 0.6 is 24.0 Å². The van der Waals surface area contributed by atoms with E-state index in [1.54, 1.807) is 7.05 Å². The van der Waals surface area contributed by atoms with Crippen molar-refractivity contribution in [3.8, 4) is 0 Å². The Hall–Kier alpha value is -1.64. The molecule has 0 bridgehead atoms. The van der Waals surface area contributed by atoms with Crippen LogP contribution in [-0.2, 0) is 17.4 Å². The Labute approximate surface area is 178 Å². The molecule has 1 heterocycles. The van der Waals surface area contributed by atoms with E-state index in [0.717, 1.165) is 12.5 Å². The third kappa shape index (κ3) is 5.21. The smallest absolute Gasteiger partial charge is 0.232 e. The van der Waals surface area contributed by atoms with Gasteiger partial charge in [0, 0.05) is 24.4 Å². The van der Waals surface area contributed by atoms with E-state index in [4.69, 9.17) is 4.52 Å². The molecule has 1 aromatic carbocycles. The summed E-state index contributed by atoms with van der Waals surface area (Å²) >= 11 is 0. The van der Waals surface area contributed by atoms with E-state index in [1.165, 1.54) is 24.8 Å². The summed E-state index contributed by atoms with van der Waals surface area (Å²) in [6, 6.07) is 10.8. The Kier molecular flexibility index (Phi) is 7.25. The first-order valence-corrected chi connectivity index (χ1v) is 9.26. The lowest BCUT2D eigenvalue weighted by Crippen LogP contribution is -2.48. The van der Waals surface area contributed by atoms with Crippen LogP contribution < -0.4 is 10.6 Å². The lowest BCUT2D eigenvalue weighted by Gasteiger charge is -2.43. The average Bonchev–Trinajstić information content (AvgIpc) is 3.07. The highest BCUT2D eigenvalue weighted by atomic mass is 127. The van der Waals surface area contributed by atoms with Crippen molar-refractivity contribution in [2.24, 2.45) is 4.99 Å². The summed E-state index contributed by atoms with van der Waals surface area (Å²) in [4.78, 5) is 8.77. The fourth-order valence-corrected chi connectivity index (χ4v) is 3.23. The second kappa shape index (κ2) is 9.03. The predicted octanol–water partition coefficient (Wildman–Crippen LogP) is 3.77. The lowest BCUT2D eigenvalue weighted by atomic mass is 9.64. The summed E-state index contributed by atoms with van der Waals surface area (Å²) < 4.78 is 5.33. The maximum absolute atomic E-state index is 5.33. The molecule has 0 saturated heterocycles. The van der Waals surface area contributed by atoms with Crippen LogP contribution in [0.2, 0.25) is 0 Å². The molecule has 1 saturated carbocycles. The monoisotopic (exact) mass is 483 g/mol. The molecule has 1 aliphatic carbocycles. The Bertz CT molecular complexity index is 747. The molecule has 6 nitrogen and oxygen atoms in total. The van der Waals surface area contributed by atoms with Gasteiger partial charge in [0.1, 0.15) is 0 Å². The minimum atomic E-state index is -0.141.